The van der Waals surface area contributed by atoms with Crippen molar-refractivity contribution in [2.24, 2.45) is 0 Å². The van der Waals surface area contributed by atoms with Crippen LogP contribution in [0.3, 0.4) is 0 Å². The summed E-state index contributed by atoms with van der Waals surface area (Å²) in [5, 5.41) is 9.00. The molecule has 0 fully saturated rings. The molecule has 110 valence electrons. The molecule has 0 aromatic carbocycles. The third-order valence-electron chi connectivity index (χ3n) is 3.20. The summed E-state index contributed by atoms with van der Waals surface area (Å²) in [5.74, 6) is -0.816. The maximum absolute atomic E-state index is 11.5. The molecule has 1 atom stereocenters. The van der Waals surface area contributed by atoms with Gasteiger partial charge < -0.3 is 14.7 Å². The maximum Gasteiger partial charge on any atom is 0.339 e. The van der Waals surface area contributed by atoms with Gasteiger partial charge in [-0.15, -0.1) is 0 Å². The standard InChI is InChI=1S/C14H20N2O4/c1-5-9(2)16(8-13(17)18)12-7-6-11(10(3)15-12)14(19)20-4/h6-7,9H,5,8H2,1-4H3,(H,17,18). The SMILES string of the molecule is CCC(C)N(CC(=O)O)c1ccc(C(=O)OC)c(C)n1. The first-order valence-corrected chi connectivity index (χ1v) is 6.45. The average molecular weight is 280 g/mol. The molecule has 6 nitrogen and oxygen atoms in total. The molecule has 0 aliphatic carbocycles. The predicted molar refractivity (Wildman–Crippen MR) is 75.0 cm³/mol. The van der Waals surface area contributed by atoms with Crippen molar-refractivity contribution in [3.05, 3.63) is 23.4 Å². The first-order chi connectivity index (χ1) is 9.40. The van der Waals surface area contributed by atoms with Crippen LogP contribution in [0.4, 0.5) is 5.82 Å². The van der Waals surface area contributed by atoms with Crippen molar-refractivity contribution in [2.75, 3.05) is 18.6 Å². The number of ether oxygens (including phenoxy) is 1. The number of pyridine rings is 1. The molecule has 0 spiro atoms. The van der Waals surface area contributed by atoms with E-state index in [2.05, 4.69) is 9.72 Å². The van der Waals surface area contributed by atoms with Gasteiger partial charge in [-0.05, 0) is 32.4 Å². The second-order valence-electron chi connectivity index (χ2n) is 4.57. The molecule has 0 saturated carbocycles. The van der Waals surface area contributed by atoms with Crippen molar-refractivity contribution in [3.63, 3.8) is 0 Å². The highest BCUT2D eigenvalue weighted by Gasteiger charge is 2.19. The molecule has 20 heavy (non-hydrogen) atoms. The number of nitrogens with zero attached hydrogens (tertiary/aromatic N) is 2. The Bertz CT molecular complexity index is 502. The fraction of sp³-hybridized carbons (Fsp3) is 0.500. The van der Waals surface area contributed by atoms with E-state index in [4.69, 9.17) is 5.11 Å². The van der Waals surface area contributed by atoms with E-state index in [9.17, 15) is 9.59 Å². The van der Waals surface area contributed by atoms with Gasteiger partial charge in [-0.1, -0.05) is 6.92 Å². The van der Waals surface area contributed by atoms with Crippen molar-refractivity contribution < 1.29 is 19.4 Å². The van der Waals surface area contributed by atoms with E-state index in [1.54, 1.807) is 24.0 Å². The van der Waals surface area contributed by atoms with Crippen molar-refractivity contribution >= 4 is 17.8 Å². The molecule has 0 aliphatic rings. The first kappa shape index (κ1) is 15.9. The number of aromatic nitrogens is 1. The highest BCUT2D eigenvalue weighted by molar-refractivity contribution is 5.90. The first-order valence-electron chi connectivity index (χ1n) is 6.45. The van der Waals surface area contributed by atoms with E-state index < -0.39 is 11.9 Å². The minimum absolute atomic E-state index is 0.0435. The number of rotatable bonds is 6. The van der Waals surface area contributed by atoms with Crippen LogP contribution in [0.2, 0.25) is 0 Å². The van der Waals surface area contributed by atoms with Gasteiger partial charge in [0.2, 0.25) is 0 Å². The molecule has 1 aromatic heterocycles. The summed E-state index contributed by atoms with van der Waals surface area (Å²) in [4.78, 5) is 28.5. The molecule has 0 bridgehead atoms. The smallest absolute Gasteiger partial charge is 0.339 e. The lowest BCUT2D eigenvalue weighted by atomic mass is 10.1. The van der Waals surface area contributed by atoms with Crippen LogP contribution in [-0.4, -0.2) is 41.7 Å². The number of carbonyl (C=O) groups excluding carboxylic acids is 1. The van der Waals surface area contributed by atoms with Gasteiger partial charge in [-0.25, -0.2) is 9.78 Å². The van der Waals surface area contributed by atoms with Gasteiger partial charge >= 0.3 is 11.9 Å². The number of methoxy groups -OCH3 is 1. The zero-order valence-electron chi connectivity index (χ0n) is 12.2. The molecular weight excluding hydrogens is 260 g/mol. The third kappa shape index (κ3) is 3.69. The highest BCUT2D eigenvalue weighted by Crippen LogP contribution is 2.19. The molecule has 1 rings (SSSR count). The molecule has 1 N–H and O–H groups in total. The molecule has 6 heteroatoms. The molecule has 0 amide bonds. The Morgan fingerprint density at radius 1 is 1.45 bits per heavy atom. The molecule has 1 aromatic rings. The van der Waals surface area contributed by atoms with Crippen LogP contribution in [-0.2, 0) is 9.53 Å². The summed E-state index contributed by atoms with van der Waals surface area (Å²) in [6.07, 6.45) is 0.798. The van der Waals surface area contributed by atoms with Crippen molar-refractivity contribution in [3.8, 4) is 0 Å². The maximum atomic E-state index is 11.5. The Hall–Kier alpha value is -2.11. The average Bonchev–Trinajstić information content (AvgIpc) is 2.42. The number of anilines is 1. The van der Waals surface area contributed by atoms with Gasteiger partial charge in [0.05, 0.1) is 18.4 Å². The highest BCUT2D eigenvalue weighted by atomic mass is 16.5. The Morgan fingerprint density at radius 2 is 2.10 bits per heavy atom. The van der Waals surface area contributed by atoms with Crippen molar-refractivity contribution in [1.29, 1.82) is 0 Å². The number of aliphatic carboxylic acids is 1. The van der Waals surface area contributed by atoms with Crippen molar-refractivity contribution in [1.82, 2.24) is 4.98 Å². The zero-order chi connectivity index (χ0) is 15.3. The Morgan fingerprint density at radius 3 is 2.55 bits per heavy atom. The lowest BCUT2D eigenvalue weighted by Crippen LogP contribution is -2.37. The van der Waals surface area contributed by atoms with Crippen LogP contribution in [0, 0.1) is 6.92 Å². The van der Waals surface area contributed by atoms with Crippen molar-refractivity contribution in [2.45, 2.75) is 33.2 Å². The third-order valence-corrected chi connectivity index (χ3v) is 3.20. The molecule has 0 saturated heterocycles. The summed E-state index contributed by atoms with van der Waals surface area (Å²) >= 11 is 0. The summed E-state index contributed by atoms with van der Waals surface area (Å²) < 4.78 is 4.66. The van der Waals surface area contributed by atoms with Crippen LogP contribution in [0.15, 0.2) is 12.1 Å². The van der Waals surface area contributed by atoms with E-state index in [0.717, 1.165) is 6.42 Å². The van der Waals surface area contributed by atoms with Gasteiger partial charge in [-0.2, -0.15) is 0 Å². The van der Waals surface area contributed by atoms with E-state index in [-0.39, 0.29) is 12.6 Å². The van der Waals surface area contributed by atoms with Gasteiger partial charge in [-0.3, -0.25) is 4.79 Å². The van der Waals surface area contributed by atoms with Crippen LogP contribution in [0.5, 0.6) is 0 Å². The summed E-state index contributed by atoms with van der Waals surface area (Å²) in [7, 11) is 1.31. The fourth-order valence-corrected chi connectivity index (χ4v) is 1.86. The van der Waals surface area contributed by atoms with E-state index in [1.165, 1.54) is 7.11 Å². The fourth-order valence-electron chi connectivity index (χ4n) is 1.86. The number of carbonyl (C=O) groups is 2. The molecule has 1 heterocycles. The topological polar surface area (TPSA) is 79.7 Å². The van der Waals surface area contributed by atoms with Crippen LogP contribution < -0.4 is 4.90 Å². The lowest BCUT2D eigenvalue weighted by Gasteiger charge is -2.28. The van der Waals surface area contributed by atoms with Gasteiger partial charge in [0.1, 0.15) is 12.4 Å². The monoisotopic (exact) mass is 280 g/mol. The normalized spacial score (nSPS) is 11.8. The second kappa shape index (κ2) is 6.88. The zero-order valence-corrected chi connectivity index (χ0v) is 12.2. The Balaban J connectivity index is 3.12. The van der Waals surface area contributed by atoms with Crippen LogP contribution in [0.25, 0.3) is 0 Å². The van der Waals surface area contributed by atoms with E-state index in [1.807, 2.05) is 13.8 Å². The molecular formula is C14H20N2O4. The number of aryl methyl sites for hydroxylation is 1. The largest absolute Gasteiger partial charge is 0.480 e. The minimum atomic E-state index is -0.915. The summed E-state index contributed by atoms with van der Waals surface area (Å²) in [6, 6.07) is 3.30. The van der Waals surface area contributed by atoms with Gasteiger partial charge in [0, 0.05) is 6.04 Å². The Kier molecular flexibility index (Phi) is 5.49. The molecule has 1 unspecified atom stereocenters. The van der Waals surface area contributed by atoms with Gasteiger partial charge in [0.15, 0.2) is 0 Å². The Labute approximate surface area is 118 Å². The summed E-state index contributed by atoms with van der Waals surface area (Å²) in [6.45, 7) is 5.49. The minimum Gasteiger partial charge on any atom is -0.480 e. The quantitative estimate of drug-likeness (QED) is 0.801. The summed E-state index contributed by atoms with van der Waals surface area (Å²) in [5.41, 5.74) is 0.906. The van der Waals surface area contributed by atoms with E-state index >= 15 is 0 Å². The van der Waals surface area contributed by atoms with E-state index in [0.29, 0.717) is 17.1 Å². The number of esters is 1. The van der Waals surface area contributed by atoms with Crippen LogP contribution >= 0.6 is 0 Å². The number of hydrogen-bond donors (Lipinski definition) is 1. The number of carboxylic acids is 1. The van der Waals surface area contributed by atoms with Gasteiger partial charge in [0.25, 0.3) is 0 Å². The number of hydrogen-bond acceptors (Lipinski definition) is 5. The molecule has 0 radical (unpaired) electrons. The van der Waals surface area contributed by atoms with Crippen LogP contribution in [0.1, 0.15) is 36.3 Å². The lowest BCUT2D eigenvalue weighted by molar-refractivity contribution is -0.135. The second-order valence-corrected chi connectivity index (χ2v) is 4.57. The number of carboxylic acid groups (broad SMARTS) is 1. The predicted octanol–water partition coefficient (Wildman–Crippen LogP) is 1.87. The molecule has 0 aliphatic heterocycles.